The van der Waals surface area contributed by atoms with Gasteiger partial charge in [-0.05, 0) is 43.0 Å². The van der Waals surface area contributed by atoms with Gasteiger partial charge in [0.2, 0.25) is 5.88 Å². The van der Waals surface area contributed by atoms with E-state index >= 15 is 0 Å². The maximum Gasteiger partial charge on any atom is 0.233 e. The Bertz CT molecular complexity index is 1040. The van der Waals surface area contributed by atoms with E-state index in [1.807, 2.05) is 0 Å². The van der Waals surface area contributed by atoms with Gasteiger partial charge >= 0.3 is 0 Å². The average molecular weight is 412 g/mol. The van der Waals surface area contributed by atoms with E-state index < -0.39 is 5.83 Å². The Balaban J connectivity index is 1.54. The minimum Gasteiger partial charge on any atom is -0.463 e. The van der Waals surface area contributed by atoms with E-state index in [0.29, 0.717) is 21.5 Å². The van der Waals surface area contributed by atoms with Crippen LogP contribution in [0.15, 0.2) is 35.6 Å². The predicted molar refractivity (Wildman–Crippen MR) is 110 cm³/mol. The Labute approximate surface area is 171 Å². The van der Waals surface area contributed by atoms with E-state index in [2.05, 4.69) is 26.8 Å². The van der Waals surface area contributed by atoms with Crippen molar-refractivity contribution in [2.75, 3.05) is 6.61 Å². The number of rotatable bonds is 5. The molecule has 3 atom stereocenters. The van der Waals surface area contributed by atoms with Crippen LogP contribution in [0.3, 0.4) is 0 Å². The van der Waals surface area contributed by atoms with Crippen molar-refractivity contribution in [2.24, 2.45) is 16.6 Å². The summed E-state index contributed by atoms with van der Waals surface area (Å²) in [5.74, 6) is 5.03. The van der Waals surface area contributed by atoms with Gasteiger partial charge in [-0.25, -0.2) is 18.7 Å². The molecule has 1 saturated carbocycles. The summed E-state index contributed by atoms with van der Waals surface area (Å²) in [7, 11) is 0. The molecular weight excluding hydrogens is 394 g/mol. The second kappa shape index (κ2) is 8.21. The number of fused-ring (bicyclic) bond motifs is 1. The topological polar surface area (TPSA) is 73.4 Å². The van der Waals surface area contributed by atoms with Gasteiger partial charge in [-0.2, -0.15) is 0 Å². The van der Waals surface area contributed by atoms with Crippen LogP contribution in [0.2, 0.25) is 0 Å². The van der Waals surface area contributed by atoms with Crippen molar-refractivity contribution in [3.8, 4) is 17.7 Å². The molecule has 0 saturated heterocycles. The number of nitrogens with zero attached hydrogens (tertiary/aromatic N) is 3. The van der Waals surface area contributed by atoms with Crippen molar-refractivity contribution in [2.45, 2.75) is 24.6 Å². The number of hydrogen-bond acceptors (Lipinski definition) is 6. The van der Waals surface area contributed by atoms with E-state index in [1.165, 1.54) is 42.4 Å². The van der Waals surface area contributed by atoms with E-state index in [0.717, 1.165) is 6.42 Å². The fourth-order valence-corrected chi connectivity index (χ4v) is 4.30. The molecule has 3 unspecified atom stereocenters. The molecule has 1 aromatic heterocycles. The van der Waals surface area contributed by atoms with Crippen molar-refractivity contribution in [1.82, 2.24) is 9.97 Å². The summed E-state index contributed by atoms with van der Waals surface area (Å²) in [5.41, 5.74) is 6.88. The normalized spacial score (nSPS) is 22.8. The summed E-state index contributed by atoms with van der Waals surface area (Å²) in [6, 6.07) is 4.15. The molecule has 2 N–H and O–H groups in total. The summed E-state index contributed by atoms with van der Waals surface area (Å²) < 4.78 is 34.3. The van der Waals surface area contributed by atoms with Gasteiger partial charge in [-0.15, -0.1) is 5.92 Å². The first-order valence-corrected chi connectivity index (χ1v) is 9.94. The molecule has 0 amide bonds. The van der Waals surface area contributed by atoms with Crippen LogP contribution in [-0.2, 0) is 0 Å². The third-order valence-corrected chi connectivity index (χ3v) is 5.89. The Morgan fingerprint density at radius 2 is 2.24 bits per heavy atom. The monoisotopic (exact) mass is 412 g/mol. The van der Waals surface area contributed by atoms with Gasteiger partial charge < -0.3 is 10.5 Å². The van der Waals surface area contributed by atoms with Gasteiger partial charge in [-0.3, -0.25) is 4.99 Å². The number of ether oxygens (including phenoxy) is 1. The molecule has 1 aliphatic heterocycles. The maximum atomic E-state index is 14.6. The lowest BCUT2D eigenvalue weighted by Crippen LogP contribution is -2.17. The molecule has 2 aromatic rings. The second-order valence-corrected chi connectivity index (χ2v) is 7.96. The minimum absolute atomic E-state index is 0.0587. The molecule has 29 heavy (non-hydrogen) atoms. The molecule has 5 nitrogen and oxygen atoms in total. The minimum atomic E-state index is -0.582. The van der Waals surface area contributed by atoms with Crippen molar-refractivity contribution in [1.29, 1.82) is 0 Å². The predicted octanol–water partition coefficient (Wildman–Crippen LogP) is 3.98. The van der Waals surface area contributed by atoms with E-state index in [9.17, 15) is 8.78 Å². The molecular formula is C21H18F2N4OS. The zero-order valence-corrected chi connectivity index (χ0v) is 16.4. The number of nitrogens with two attached hydrogens (primary N) is 1. The molecule has 1 aromatic carbocycles. The van der Waals surface area contributed by atoms with Gasteiger partial charge in [0, 0.05) is 10.8 Å². The molecule has 0 bridgehead atoms. The van der Waals surface area contributed by atoms with Crippen LogP contribution in [0.4, 0.5) is 8.78 Å². The number of benzene rings is 1. The average Bonchev–Trinajstić information content (AvgIpc) is 3.49. The number of thioether (sulfide) groups is 1. The van der Waals surface area contributed by atoms with E-state index in [4.69, 9.17) is 10.5 Å². The third kappa shape index (κ3) is 4.40. The van der Waals surface area contributed by atoms with E-state index in [1.54, 1.807) is 13.0 Å². The molecule has 4 rings (SSSR count). The first-order chi connectivity index (χ1) is 14.0. The Hall–Kier alpha value is -2.92. The fourth-order valence-electron chi connectivity index (χ4n) is 3.17. The molecule has 8 heteroatoms. The number of aliphatic imine (C=N–C) groups is 1. The second-order valence-electron chi connectivity index (χ2n) is 6.70. The fraction of sp³-hybridized carbons (Fsp3) is 0.286. The third-order valence-electron chi connectivity index (χ3n) is 4.70. The Morgan fingerprint density at radius 1 is 1.38 bits per heavy atom. The largest absolute Gasteiger partial charge is 0.463 e. The summed E-state index contributed by atoms with van der Waals surface area (Å²) in [6.07, 6.45) is 4.87. The summed E-state index contributed by atoms with van der Waals surface area (Å²) in [6.45, 7) is 1.90. The number of halogens is 2. The van der Waals surface area contributed by atoms with E-state index in [-0.39, 0.29) is 36.0 Å². The lowest BCUT2D eigenvalue weighted by Gasteiger charge is -2.19. The summed E-state index contributed by atoms with van der Waals surface area (Å²) in [5, 5.41) is 0.870. The Morgan fingerprint density at radius 3 is 3.00 bits per heavy atom. The SMILES string of the molecule is CC#CCOc1cnc(/C(F)=C/c2ccc(F)c(C3N=C(N)SC4CC43)c2)cn1. The molecule has 1 fully saturated rings. The first kappa shape index (κ1) is 19.4. The highest BCUT2D eigenvalue weighted by Crippen LogP contribution is 2.54. The van der Waals surface area contributed by atoms with Gasteiger partial charge in [0.1, 0.15) is 11.5 Å². The van der Waals surface area contributed by atoms with Gasteiger partial charge in [0.15, 0.2) is 17.6 Å². The molecule has 2 aliphatic rings. The lowest BCUT2D eigenvalue weighted by molar-refractivity contribution is 0.353. The summed E-state index contributed by atoms with van der Waals surface area (Å²) in [4.78, 5) is 12.4. The highest BCUT2D eigenvalue weighted by molar-refractivity contribution is 8.14. The quantitative estimate of drug-likeness (QED) is 0.752. The maximum absolute atomic E-state index is 14.6. The molecule has 2 heterocycles. The van der Waals surface area contributed by atoms with Gasteiger partial charge in [0.05, 0.1) is 18.4 Å². The van der Waals surface area contributed by atoms with Crippen LogP contribution in [0.5, 0.6) is 5.88 Å². The molecule has 0 spiro atoms. The highest BCUT2D eigenvalue weighted by atomic mass is 32.2. The highest BCUT2D eigenvalue weighted by Gasteiger charge is 2.48. The first-order valence-electron chi connectivity index (χ1n) is 9.06. The van der Waals surface area contributed by atoms with Gasteiger partial charge in [0.25, 0.3) is 0 Å². The molecule has 1 aliphatic carbocycles. The van der Waals surface area contributed by atoms with Crippen molar-refractivity contribution < 1.29 is 13.5 Å². The standard InChI is InChI=1S/C21H18F2N4OS/c1-2-3-6-28-19-11-25-17(10-26-19)16(23)8-12-4-5-15(22)13(7-12)20-14-9-18(14)29-21(24)27-20/h4-5,7-8,10-11,14,18,20H,6,9H2,1H3,(H2,24,27)/b16-8-. The van der Waals surface area contributed by atoms with Gasteiger partial charge in [-0.1, -0.05) is 23.7 Å². The van der Waals surface area contributed by atoms with Crippen molar-refractivity contribution in [3.05, 3.63) is 53.2 Å². The van der Waals surface area contributed by atoms with Crippen LogP contribution in [-0.4, -0.2) is 27.0 Å². The zero-order valence-electron chi connectivity index (χ0n) is 15.6. The molecule has 148 valence electrons. The number of hydrogen-bond donors (Lipinski definition) is 1. The molecule has 0 radical (unpaired) electrons. The van der Waals surface area contributed by atoms with Crippen LogP contribution < -0.4 is 10.5 Å². The van der Waals surface area contributed by atoms with Crippen molar-refractivity contribution in [3.63, 3.8) is 0 Å². The zero-order chi connectivity index (χ0) is 20.4. The smallest absolute Gasteiger partial charge is 0.233 e. The van der Waals surface area contributed by atoms with Crippen LogP contribution >= 0.6 is 11.8 Å². The number of amidine groups is 1. The van der Waals surface area contributed by atoms with Crippen LogP contribution in [0.25, 0.3) is 11.9 Å². The van der Waals surface area contributed by atoms with Crippen LogP contribution in [0, 0.1) is 23.6 Å². The van der Waals surface area contributed by atoms with Crippen LogP contribution in [0.1, 0.15) is 36.2 Å². The van der Waals surface area contributed by atoms with Crippen molar-refractivity contribution >= 4 is 28.8 Å². The summed E-state index contributed by atoms with van der Waals surface area (Å²) >= 11 is 1.54. The number of aromatic nitrogens is 2. The Kier molecular flexibility index (Phi) is 5.49. The lowest BCUT2D eigenvalue weighted by atomic mass is 9.99.